The highest BCUT2D eigenvalue weighted by molar-refractivity contribution is 6.35. The normalized spacial score (nSPS) is 10.5. The maximum atomic E-state index is 13.9. The first-order valence-electron chi connectivity index (χ1n) is 9.43. The fraction of sp³-hybridized carbons (Fsp3) is 0.130. The number of halogens is 4. The van der Waals surface area contributed by atoms with Crippen molar-refractivity contribution >= 4 is 34.7 Å². The second kappa shape index (κ2) is 10.2. The minimum Gasteiger partial charge on any atom is -0.496 e. The Balaban J connectivity index is 1.91. The van der Waals surface area contributed by atoms with Gasteiger partial charge in [-0.25, -0.2) is 13.2 Å². The molecule has 0 bridgehead atoms. The number of carbonyl (C=O) groups is 2. The highest BCUT2D eigenvalue weighted by Crippen LogP contribution is 2.30. The molecule has 0 aliphatic carbocycles. The molecule has 3 aromatic rings. The monoisotopic (exact) mass is 462 g/mol. The third kappa shape index (κ3) is 5.03. The first kappa shape index (κ1) is 23.1. The molecule has 0 aromatic heterocycles. The second-order valence-electron chi connectivity index (χ2n) is 6.61. The van der Waals surface area contributed by atoms with E-state index in [1.165, 1.54) is 49.6 Å². The number of anilines is 2. The molecule has 3 rings (SSSR count). The predicted molar refractivity (Wildman–Crippen MR) is 116 cm³/mol. The third-order valence-electron chi connectivity index (χ3n) is 4.53. The fourth-order valence-electron chi connectivity index (χ4n) is 2.97. The minimum atomic E-state index is -0.783. The summed E-state index contributed by atoms with van der Waals surface area (Å²) in [5, 5.41) is 5.00. The number of methoxy groups -OCH3 is 1. The minimum absolute atomic E-state index is 0.0195. The molecule has 0 saturated carbocycles. The van der Waals surface area contributed by atoms with Gasteiger partial charge in [0.2, 0.25) is 0 Å². The molecule has 9 heteroatoms. The van der Waals surface area contributed by atoms with Crippen LogP contribution in [-0.2, 0) is 0 Å². The van der Waals surface area contributed by atoms with Crippen LogP contribution in [0.1, 0.15) is 26.3 Å². The Hall–Kier alpha value is -3.52. The van der Waals surface area contributed by atoms with Gasteiger partial charge >= 0.3 is 0 Å². The Kier molecular flexibility index (Phi) is 7.37. The molecule has 0 heterocycles. The molecule has 0 atom stereocenters. The molecule has 0 aliphatic rings. The molecule has 0 unspecified atom stereocenters. The lowest BCUT2D eigenvalue weighted by atomic mass is 9.99. The van der Waals surface area contributed by atoms with Gasteiger partial charge < -0.3 is 15.4 Å². The SMILES string of the molecule is COc1ccc(C(=O)NCCF)cc1C(=O)c1ccc(Nc2c(F)cccc2F)cc1Cl. The van der Waals surface area contributed by atoms with Crippen LogP contribution in [0.2, 0.25) is 5.02 Å². The number of hydrogen-bond donors (Lipinski definition) is 2. The van der Waals surface area contributed by atoms with Crippen molar-refractivity contribution in [3.8, 4) is 5.75 Å². The zero-order valence-electron chi connectivity index (χ0n) is 16.8. The van der Waals surface area contributed by atoms with Crippen LogP contribution in [0.3, 0.4) is 0 Å². The number of rotatable bonds is 8. The number of ketones is 1. The number of hydrogen-bond acceptors (Lipinski definition) is 4. The van der Waals surface area contributed by atoms with Crippen LogP contribution in [0, 0.1) is 11.6 Å². The summed E-state index contributed by atoms with van der Waals surface area (Å²) in [5.74, 6) is -2.43. The Labute approximate surface area is 187 Å². The van der Waals surface area contributed by atoms with Gasteiger partial charge in [0.25, 0.3) is 5.91 Å². The maximum Gasteiger partial charge on any atom is 0.251 e. The molecule has 1 amide bonds. The maximum absolute atomic E-state index is 13.9. The fourth-order valence-corrected chi connectivity index (χ4v) is 3.24. The first-order chi connectivity index (χ1) is 15.3. The van der Waals surface area contributed by atoms with Crippen molar-refractivity contribution < 1.29 is 27.5 Å². The van der Waals surface area contributed by atoms with Gasteiger partial charge in [-0.2, -0.15) is 0 Å². The summed E-state index contributed by atoms with van der Waals surface area (Å²) >= 11 is 6.28. The number of alkyl halides is 1. The number of carbonyl (C=O) groups excluding carboxylic acids is 2. The summed E-state index contributed by atoms with van der Waals surface area (Å²) in [5.41, 5.74) is 0.221. The average molecular weight is 463 g/mol. The van der Waals surface area contributed by atoms with Gasteiger partial charge in [-0.1, -0.05) is 17.7 Å². The van der Waals surface area contributed by atoms with E-state index in [0.29, 0.717) is 0 Å². The Morgan fingerprint density at radius 3 is 2.34 bits per heavy atom. The van der Waals surface area contributed by atoms with Crippen LogP contribution in [0.25, 0.3) is 0 Å². The van der Waals surface area contributed by atoms with Crippen LogP contribution in [0.15, 0.2) is 54.6 Å². The summed E-state index contributed by atoms with van der Waals surface area (Å²) in [7, 11) is 1.37. The number of amides is 1. The molecule has 0 spiro atoms. The lowest BCUT2D eigenvalue weighted by molar-refractivity contribution is 0.0950. The van der Waals surface area contributed by atoms with E-state index < -0.39 is 30.0 Å². The van der Waals surface area contributed by atoms with Crippen molar-refractivity contribution in [2.45, 2.75) is 0 Å². The van der Waals surface area contributed by atoms with Gasteiger partial charge in [0.1, 0.15) is 29.7 Å². The Morgan fingerprint density at radius 1 is 1.00 bits per heavy atom. The molecule has 0 radical (unpaired) electrons. The molecule has 2 N–H and O–H groups in total. The average Bonchev–Trinajstić information content (AvgIpc) is 2.79. The lowest BCUT2D eigenvalue weighted by Crippen LogP contribution is -2.25. The summed E-state index contributed by atoms with van der Waals surface area (Å²) in [6.07, 6.45) is 0. The van der Waals surface area contributed by atoms with E-state index in [1.807, 2.05) is 0 Å². The van der Waals surface area contributed by atoms with E-state index in [0.717, 1.165) is 12.1 Å². The number of nitrogens with one attached hydrogen (secondary N) is 2. The smallest absolute Gasteiger partial charge is 0.251 e. The lowest BCUT2D eigenvalue weighted by Gasteiger charge is -2.13. The van der Waals surface area contributed by atoms with Crippen molar-refractivity contribution in [3.05, 3.63) is 87.9 Å². The van der Waals surface area contributed by atoms with Crippen LogP contribution in [-0.4, -0.2) is 32.0 Å². The number of para-hydroxylation sites is 1. The Morgan fingerprint density at radius 2 is 1.72 bits per heavy atom. The van der Waals surface area contributed by atoms with E-state index in [9.17, 15) is 22.8 Å². The topological polar surface area (TPSA) is 67.4 Å². The van der Waals surface area contributed by atoms with Gasteiger partial charge in [-0.05, 0) is 48.5 Å². The molecule has 0 fully saturated rings. The summed E-state index contributed by atoms with van der Waals surface area (Å²) in [4.78, 5) is 25.2. The quantitative estimate of drug-likeness (QED) is 0.446. The molecule has 0 saturated heterocycles. The highest BCUT2D eigenvalue weighted by atomic mass is 35.5. The van der Waals surface area contributed by atoms with E-state index in [-0.39, 0.29) is 45.4 Å². The first-order valence-corrected chi connectivity index (χ1v) is 9.81. The van der Waals surface area contributed by atoms with Gasteiger partial charge in [-0.15, -0.1) is 0 Å². The highest BCUT2D eigenvalue weighted by Gasteiger charge is 2.20. The van der Waals surface area contributed by atoms with Gasteiger partial charge in [0, 0.05) is 23.4 Å². The van der Waals surface area contributed by atoms with E-state index >= 15 is 0 Å². The van der Waals surface area contributed by atoms with Crippen LogP contribution < -0.4 is 15.4 Å². The van der Waals surface area contributed by atoms with Crippen LogP contribution in [0.4, 0.5) is 24.5 Å². The van der Waals surface area contributed by atoms with E-state index in [4.69, 9.17) is 16.3 Å². The molecular weight excluding hydrogens is 445 g/mol. The van der Waals surface area contributed by atoms with Gasteiger partial charge in [-0.3, -0.25) is 9.59 Å². The molecule has 32 heavy (non-hydrogen) atoms. The predicted octanol–water partition coefficient (Wildman–Crippen LogP) is 5.30. The summed E-state index contributed by atoms with van der Waals surface area (Å²) in [6.45, 7) is -0.877. The van der Waals surface area contributed by atoms with E-state index in [1.54, 1.807) is 0 Å². The molecule has 3 aromatic carbocycles. The zero-order chi connectivity index (χ0) is 23.3. The van der Waals surface area contributed by atoms with Crippen molar-refractivity contribution in [3.63, 3.8) is 0 Å². The third-order valence-corrected chi connectivity index (χ3v) is 4.84. The van der Waals surface area contributed by atoms with Gasteiger partial charge in [0.15, 0.2) is 5.78 Å². The number of benzene rings is 3. The summed E-state index contributed by atoms with van der Waals surface area (Å²) < 4.78 is 45.3. The summed E-state index contributed by atoms with van der Waals surface area (Å²) in [6, 6.07) is 11.8. The van der Waals surface area contributed by atoms with Crippen molar-refractivity contribution in [1.29, 1.82) is 0 Å². The molecule has 5 nitrogen and oxygen atoms in total. The molecule has 166 valence electrons. The van der Waals surface area contributed by atoms with Gasteiger partial charge in [0.05, 0.1) is 17.7 Å². The van der Waals surface area contributed by atoms with Crippen LogP contribution in [0.5, 0.6) is 5.75 Å². The standard InChI is InChI=1S/C23H18ClF3N2O3/c1-32-20-8-5-13(23(31)28-10-9-25)11-16(20)22(30)15-7-6-14(12-17(15)24)29-21-18(26)3-2-4-19(21)27/h2-8,11-12,29H,9-10H2,1H3,(H,28,31). The van der Waals surface area contributed by atoms with Crippen molar-refractivity contribution in [1.82, 2.24) is 5.32 Å². The van der Waals surface area contributed by atoms with Crippen molar-refractivity contribution in [2.75, 3.05) is 25.6 Å². The van der Waals surface area contributed by atoms with Crippen molar-refractivity contribution in [2.24, 2.45) is 0 Å². The second-order valence-corrected chi connectivity index (χ2v) is 7.01. The van der Waals surface area contributed by atoms with Crippen LogP contribution >= 0.6 is 11.6 Å². The Bertz CT molecular complexity index is 1150. The number of ether oxygens (including phenoxy) is 1. The van der Waals surface area contributed by atoms with E-state index in [2.05, 4.69) is 10.6 Å². The largest absolute Gasteiger partial charge is 0.496 e. The molecular formula is C23H18ClF3N2O3. The molecule has 0 aliphatic heterocycles. The zero-order valence-corrected chi connectivity index (χ0v) is 17.6.